The van der Waals surface area contributed by atoms with Gasteiger partial charge in [-0.2, -0.15) is 0 Å². The first-order valence-electron chi connectivity index (χ1n) is 5.74. The van der Waals surface area contributed by atoms with E-state index in [4.69, 9.17) is 0 Å². The molecule has 2 atom stereocenters. The number of hydrogen-bond acceptors (Lipinski definition) is 3. The SMILES string of the molecule is CC1CCCNC1C(=O)N1CC(C)(O)C1. The number of carbonyl (C=O) groups excluding carboxylic acids is 1. The molecule has 15 heavy (non-hydrogen) atoms. The number of aliphatic hydroxyl groups is 1. The number of carbonyl (C=O) groups is 1. The van der Waals surface area contributed by atoms with Crippen LogP contribution in [-0.4, -0.2) is 47.2 Å². The van der Waals surface area contributed by atoms with Crippen LogP contribution in [0.3, 0.4) is 0 Å². The van der Waals surface area contributed by atoms with Crippen LogP contribution in [0.2, 0.25) is 0 Å². The normalized spacial score (nSPS) is 34.7. The topological polar surface area (TPSA) is 52.6 Å². The summed E-state index contributed by atoms with van der Waals surface area (Å²) in [5.41, 5.74) is -0.659. The predicted octanol–water partition coefficient (Wildman–Crippen LogP) is -0.0323. The van der Waals surface area contributed by atoms with Gasteiger partial charge in [0, 0.05) is 0 Å². The molecule has 86 valence electrons. The Labute approximate surface area is 90.6 Å². The highest BCUT2D eigenvalue weighted by Gasteiger charge is 2.42. The fraction of sp³-hybridized carbons (Fsp3) is 0.909. The van der Waals surface area contributed by atoms with Crippen LogP contribution in [0, 0.1) is 5.92 Å². The van der Waals surface area contributed by atoms with Crippen molar-refractivity contribution in [1.82, 2.24) is 10.2 Å². The molecule has 2 N–H and O–H groups in total. The molecule has 0 aromatic rings. The molecule has 2 aliphatic heterocycles. The molecule has 0 bridgehead atoms. The standard InChI is InChI=1S/C11H20N2O2/c1-8-4-3-5-12-9(8)10(14)13-6-11(2,15)7-13/h8-9,12,15H,3-7H2,1-2H3. The molecule has 2 saturated heterocycles. The lowest BCUT2D eigenvalue weighted by Crippen LogP contribution is -2.66. The van der Waals surface area contributed by atoms with Crippen LogP contribution in [0.25, 0.3) is 0 Å². The number of nitrogens with one attached hydrogen (secondary N) is 1. The van der Waals surface area contributed by atoms with Crippen LogP contribution in [0.4, 0.5) is 0 Å². The maximum Gasteiger partial charge on any atom is 0.240 e. The van der Waals surface area contributed by atoms with Gasteiger partial charge in [-0.1, -0.05) is 6.92 Å². The summed E-state index contributed by atoms with van der Waals surface area (Å²) in [4.78, 5) is 13.8. The molecule has 2 unspecified atom stereocenters. The molecule has 0 radical (unpaired) electrons. The zero-order valence-corrected chi connectivity index (χ0v) is 9.49. The van der Waals surface area contributed by atoms with Gasteiger partial charge >= 0.3 is 0 Å². The Morgan fingerprint density at radius 3 is 2.73 bits per heavy atom. The summed E-state index contributed by atoms with van der Waals surface area (Å²) in [6, 6.07) is -0.0325. The van der Waals surface area contributed by atoms with Gasteiger partial charge in [0.15, 0.2) is 0 Å². The van der Waals surface area contributed by atoms with E-state index in [1.807, 2.05) is 0 Å². The Kier molecular flexibility index (Phi) is 2.73. The van der Waals surface area contributed by atoms with E-state index in [2.05, 4.69) is 12.2 Å². The summed E-state index contributed by atoms with van der Waals surface area (Å²) >= 11 is 0. The summed E-state index contributed by atoms with van der Waals surface area (Å²) in [7, 11) is 0. The van der Waals surface area contributed by atoms with Gasteiger partial charge in [-0.25, -0.2) is 0 Å². The number of β-amino-alcohol motifs (C(OH)–C–C–N with tert-alkyl or cyclic N) is 1. The molecule has 0 aromatic carbocycles. The molecule has 0 aliphatic carbocycles. The number of hydrogen-bond donors (Lipinski definition) is 2. The molecule has 4 heteroatoms. The second kappa shape index (κ2) is 3.76. The van der Waals surface area contributed by atoms with E-state index in [0.29, 0.717) is 19.0 Å². The highest BCUT2D eigenvalue weighted by Crippen LogP contribution is 2.24. The van der Waals surface area contributed by atoms with Crippen LogP contribution in [0.5, 0.6) is 0 Å². The van der Waals surface area contributed by atoms with Gasteiger partial charge in [-0.3, -0.25) is 4.79 Å². The van der Waals surface area contributed by atoms with Gasteiger partial charge < -0.3 is 15.3 Å². The van der Waals surface area contributed by atoms with Gasteiger partial charge in [-0.05, 0) is 32.2 Å². The van der Waals surface area contributed by atoms with Gasteiger partial charge in [0.05, 0.1) is 24.7 Å². The Hall–Kier alpha value is -0.610. The average molecular weight is 212 g/mol. The van der Waals surface area contributed by atoms with Crippen molar-refractivity contribution in [2.45, 2.75) is 38.3 Å². The number of rotatable bonds is 1. The molecule has 4 nitrogen and oxygen atoms in total. The van der Waals surface area contributed by atoms with Crippen molar-refractivity contribution in [3.8, 4) is 0 Å². The lowest BCUT2D eigenvalue weighted by molar-refractivity contribution is -0.156. The maximum atomic E-state index is 12.0. The Morgan fingerprint density at radius 1 is 1.53 bits per heavy atom. The fourth-order valence-electron chi connectivity index (χ4n) is 2.51. The lowest BCUT2D eigenvalue weighted by atomic mass is 9.89. The third-order valence-corrected chi connectivity index (χ3v) is 3.41. The minimum absolute atomic E-state index is 0.0325. The third kappa shape index (κ3) is 2.16. The molecule has 2 rings (SSSR count). The van der Waals surface area contributed by atoms with Crippen molar-refractivity contribution in [1.29, 1.82) is 0 Å². The van der Waals surface area contributed by atoms with E-state index in [0.717, 1.165) is 19.4 Å². The molecule has 0 saturated carbocycles. The average Bonchev–Trinajstić information content (AvgIpc) is 2.14. The van der Waals surface area contributed by atoms with Crippen molar-refractivity contribution in [3.05, 3.63) is 0 Å². The van der Waals surface area contributed by atoms with Gasteiger partial charge in [0.2, 0.25) is 5.91 Å². The molecule has 2 heterocycles. The zero-order chi connectivity index (χ0) is 11.1. The van der Waals surface area contributed by atoms with Crippen molar-refractivity contribution in [2.24, 2.45) is 5.92 Å². The summed E-state index contributed by atoms with van der Waals surface area (Å²) in [6.45, 7) is 5.79. The number of amides is 1. The summed E-state index contributed by atoms with van der Waals surface area (Å²) in [5.74, 6) is 0.575. The zero-order valence-electron chi connectivity index (χ0n) is 9.49. The van der Waals surface area contributed by atoms with Crippen LogP contribution < -0.4 is 5.32 Å². The van der Waals surface area contributed by atoms with Crippen molar-refractivity contribution < 1.29 is 9.90 Å². The van der Waals surface area contributed by atoms with E-state index < -0.39 is 5.60 Å². The van der Waals surface area contributed by atoms with E-state index in [-0.39, 0.29) is 11.9 Å². The van der Waals surface area contributed by atoms with E-state index >= 15 is 0 Å². The van der Waals surface area contributed by atoms with E-state index in [1.165, 1.54) is 0 Å². The molecule has 1 amide bonds. The second-order valence-electron chi connectivity index (χ2n) is 5.24. The molecule has 0 spiro atoms. The van der Waals surface area contributed by atoms with Crippen LogP contribution >= 0.6 is 0 Å². The first-order chi connectivity index (χ1) is 6.99. The fourth-order valence-corrected chi connectivity index (χ4v) is 2.51. The summed E-state index contributed by atoms with van der Waals surface area (Å²) in [6.07, 6.45) is 2.27. The smallest absolute Gasteiger partial charge is 0.240 e. The van der Waals surface area contributed by atoms with Gasteiger partial charge in [0.25, 0.3) is 0 Å². The Bertz CT molecular complexity index is 257. The van der Waals surface area contributed by atoms with Crippen LogP contribution in [-0.2, 0) is 4.79 Å². The molecular formula is C11H20N2O2. The van der Waals surface area contributed by atoms with E-state index in [9.17, 15) is 9.90 Å². The molecule has 2 fully saturated rings. The third-order valence-electron chi connectivity index (χ3n) is 3.41. The number of piperidine rings is 1. The summed E-state index contributed by atoms with van der Waals surface area (Å²) in [5, 5.41) is 12.9. The van der Waals surface area contributed by atoms with Crippen molar-refractivity contribution in [3.63, 3.8) is 0 Å². The minimum Gasteiger partial charge on any atom is -0.386 e. The highest BCUT2D eigenvalue weighted by atomic mass is 16.3. The van der Waals surface area contributed by atoms with Crippen molar-refractivity contribution in [2.75, 3.05) is 19.6 Å². The van der Waals surface area contributed by atoms with Crippen LogP contribution in [0.1, 0.15) is 26.7 Å². The van der Waals surface area contributed by atoms with Gasteiger partial charge in [0.1, 0.15) is 0 Å². The molecule has 2 aliphatic rings. The highest BCUT2D eigenvalue weighted by molar-refractivity contribution is 5.83. The second-order valence-corrected chi connectivity index (χ2v) is 5.24. The largest absolute Gasteiger partial charge is 0.386 e. The quantitative estimate of drug-likeness (QED) is 0.641. The molecule has 0 aromatic heterocycles. The maximum absolute atomic E-state index is 12.0. The van der Waals surface area contributed by atoms with Crippen molar-refractivity contribution >= 4 is 5.91 Å². The van der Waals surface area contributed by atoms with Crippen LogP contribution in [0.15, 0.2) is 0 Å². The Morgan fingerprint density at radius 2 is 2.20 bits per heavy atom. The molecular weight excluding hydrogens is 192 g/mol. The minimum atomic E-state index is -0.659. The monoisotopic (exact) mass is 212 g/mol. The van der Waals surface area contributed by atoms with E-state index in [1.54, 1.807) is 11.8 Å². The first kappa shape index (κ1) is 10.9. The predicted molar refractivity (Wildman–Crippen MR) is 57.4 cm³/mol. The lowest BCUT2D eigenvalue weighted by Gasteiger charge is -2.46. The number of nitrogens with zero attached hydrogens (tertiary/aromatic N) is 1. The first-order valence-corrected chi connectivity index (χ1v) is 5.74. The Balaban J connectivity index is 1.91. The van der Waals surface area contributed by atoms with Gasteiger partial charge in [-0.15, -0.1) is 0 Å². The number of likely N-dealkylation sites (tertiary alicyclic amines) is 1. The summed E-state index contributed by atoms with van der Waals surface area (Å²) < 4.78 is 0.